The third-order valence-corrected chi connectivity index (χ3v) is 9.88. The van der Waals surface area contributed by atoms with Crippen LogP contribution >= 0.6 is 0 Å². The van der Waals surface area contributed by atoms with Crippen molar-refractivity contribution in [2.45, 2.75) is 219 Å². The highest BCUT2D eigenvalue weighted by Gasteiger charge is 2.19. The van der Waals surface area contributed by atoms with Gasteiger partial charge in [0.05, 0.1) is 0 Å². The van der Waals surface area contributed by atoms with Crippen molar-refractivity contribution >= 4 is 17.9 Å². The van der Waals surface area contributed by atoms with E-state index in [1.54, 1.807) is 0 Å². The number of ether oxygens (including phenoxy) is 3. The molecule has 0 rings (SSSR count). The van der Waals surface area contributed by atoms with Gasteiger partial charge in [-0.25, -0.2) is 0 Å². The first kappa shape index (κ1) is 55.6. The van der Waals surface area contributed by atoms with E-state index in [4.69, 9.17) is 14.2 Å². The second-order valence-electron chi connectivity index (χ2n) is 15.6. The minimum atomic E-state index is -0.788. The lowest BCUT2D eigenvalue weighted by molar-refractivity contribution is -0.167. The molecule has 0 bridgehead atoms. The van der Waals surface area contributed by atoms with Gasteiger partial charge in [-0.1, -0.05) is 183 Å². The second kappa shape index (κ2) is 47.3. The lowest BCUT2D eigenvalue weighted by Crippen LogP contribution is -2.30. The molecule has 6 heteroatoms. The Balaban J connectivity index is 4.26. The largest absolute Gasteiger partial charge is 0.462 e. The van der Waals surface area contributed by atoms with Crippen molar-refractivity contribution < 1.29 is 28.6 Å². The van der Waals surface area contributed by atoms with Gasteiger partial charge in [0, 0.05) is 19.3 Å². The summed E-state index contributed by atoms with van der Waals surface area (Å²) in [6.07, 6.45) is 60.2. The molecular weight excluding hydrogens is 733 g/mol. The molecule has 1 unspecified atom stereocenters. The number of esters is 3. The number of rotatable bonds is 42. The molecule has 0 aromatic heterocycles. The fraction of sp³-hybridized carbons (Fsp3) is 0.679. The molecule has 0 aliphatic heterocycles. The molecule has 6 nitrogen and oxygen atoms in total. The highest BCUT2D eigenvalue weighted by atomic mass is 16.6. The van der Waals surface area contributed by atoms with Crippen LogP contribution in [0, 0.1) is 0 Å². The zero-order valence-corrected chi connectivity index (χ0v) is 38.2. The van der Waals surface area contributed by atoms with Crippen LogP contribution in [-0.4, -0.2) is 37.2 Å². The second-order valence-corrected chi connectivity index (χ2v) is 15.6. The number of allylic oxidation sites excluding steroid dienone is 14. The van der Waals surface area contributed by atoms with Crippen LogP contribution in [0.1, 0.15) is 213 Å². The Labute approximate surface area is 363 Å². The normalized spacial score (nSPS) is 12.8. The van der Waals surface area contributed by atoms with Crippen LogP contribution in [0.3, 0.4) is 0 Å². The Morgan fingerprint density at radius 3 is 1.07 bits per heavy atom. The van der Waals surface area contributed by atoms with Crippen molar-refractivity contribution in [1.29, 1.82) is 0 Å². The number of hydrogen-bond acceptors (Lipinski definition) is 6. The Hall–Kier alpha value is -3.41. The molecule has 0 aliphatic rings. The van der Waals surface area contributed by atoms with E-state index in [0.717, 1.165) is 141 Å². The molecule has 0 N–H and O–H groups in total. The fourth-order valence-electron chi connectivity index (χ4n) is 6.26. The molecule has 336 valence electrons. The van der Waals surface area contributed by atoms with Crippen LogP contribution in [0.25, 0.3) is 0 Å². The van der Waals surface area contributed by atoms with Crippen molar-refractivity contribution in [3.63, 3.8) is 0 Å². The third kappa shape index (κ3) is 45.5. The Bertz CT molecular complexity index is 1170. The van der Waals surface area contributed by atoms with Gasteiger partial charge in [-0.05, 0) is 96.3 Å². The molecule has 0 aliphatic carbocycles. The van der Waals surface area contributed by atoms with Gasteiger partial charge < -0.3 is 14.2 Å². The van der Waals surface area contributed by atoms with Crippen LogP contribution in [0.4, 0.5) is 0 Å². The summed E-state index contributed by atoms with van der Waals surface area (Å²) in [5.41, 5.74) is 0. The minimum Gasteiger partial charge on any atom is -0.462 e. The van der Waals surface area contributed by atoms with E-state index in [1.807, 2.05) is 0 Å². The molecule has 0 amide bonds. The first-order valence-electron chi connectivity index (χ1n) is 24.1. The van der Waals surface area contributed by atoms with Gasteiger partial charge in [0.2, 0.25) is 0 Å². The lowest BCUT2D eigenvalue weighted by Gasteiger charge is -2.18. The summed E-state index contributed by atoms with van der Waals surface area (Å²) in [6.45, 7) is 6.37. The Kier molecular flexibility index (Phi) is 44.5. The summed E-state index contributed by atoms with van der Waals surface area (Å²) in [5.74, 6) is -0.943. The van der Waals surface area contributed by atoms with E-state index in [0.29, 0.717) is 19.3 Å². The zero-order valence-electron chi connectivity index (χ0n) is 38.2. The van der Waals surface area contributed by atoms with Crippen molar-refractivity contribution in [2.24, 2.45) is 0 Å². The molecule has 0 aromatic carbocycles. The van der Waals surface area contributed by atoms with Crippen LogP contribution in [0.2, 0.25) is 0 Å². The molecule has 0 aromatic rings. The van der Waals surface area contributed by atoms with Crippen LogP contribution < -0.4 is 0 Å². The minimum absolute atomic E-state index is 0.0904. The van der Waals surface area contributed by atoms with Gasteiger partial charge in [0.1, 0.15) is 13.2 Å². The molecule has 0 heterocycles. The van der Waals surface area contributed by atoms with Gasteiger partial charge in [0.15, 0.2) is 6.10 Å². The summed E-state index contributed by atoms with van der Waals surface area (Å²) in [4.78, 5) is 37.6. The van der Waals surface area contributed by atoms with Gasteiger partial charge in [0.25, 0.3) is 0 Å². The zero-order chi connectivity index (χ0) is 43.0. The van der Waals surface area contributed by atoms with Gasteiger partial charge in [-0.15, -0.1) is 0 Å². The van der Waals surface area contributed by atoms with E-state index in [9.17, 15) is 14.4 Å². The van der Waals surface area contributed by atoms with Crippen LogP contribution in [0.5, 0.6) is 0 Å². The van der Waals surface area contributed by atoms with E-state index in [2.05, 4.69) is 106 Å². The van der Waals surface area contributed by atoms with E-state index in [1.165, 1.54) is 32.1 Å². The average Bonchev–Trinajstić information content (AvgIpc) is 3.23. The number of hydrogen-bond donors (Lipinski definition) is 0. The SMILES string of the molecule is CC/C=C\C/C=C\C/C=C\C/C=C\C/C=C\CCCCCCCC(=O)OCC(COC(=O)CCCCCCC)OC(=O)CCCCCCC/C=C\C/C=C\CCCCC. The molecule has 59 heavy (non-hydrogen) atoms. The van der Waals surface area contributed by atoms with Crippen molar-refractivity contribution in [3.8, 4) is 0 Å². The first-order chi connectivity index (χ1) is 29.0. The van der Waals surface area contributed by atoms with Crippen LogP contribution in [0.15, 0.2) is 85.1 Å². The smallest absolute Gasteiger partial charge is 0.306 e. The summed E-state index contributed by atoms with van der Waals surface area (Å²) in [6, 6.07) is 0. The van der Waals surface area contributed by atoms with E-state index < -0.39 is 6.10 Å². The average molecular weight is 821 g/mol. The van der Waals surface area contributed by atoms with E-state index in [-0.39, 0.29) is 31.1 Å². The van der Waals surface area contributed by atoms with Crippen molar-refractivity contribution in [3.05, 3.63) is 85.1 Å². The first-order valence-corrected chi connectivity index (χ1v) is 24.1. The summed E-state index contributed by atoms with van der Waals surface area (Å²) in [7, 11) is 0. The summed E-state index contributed by atoms with van der Waals surface area (Å²) < 4.78 is 16.6. The maximum atomic E-state index is 12.7. The highest BCUT2D eigenvalue weighted by Crippen LogP contribution is 2.12. The van der Waals surface area contributed by atoms with Crippen LogP contribution in [-0.2, 0) is 28.6 Å². The summed E-state index contributed by atoms with van der Waals surface area (Å²) in [5, 5.41) is 0. The maximum Gasteiger partial charge on any atom is 0.306 e. The number of carbonyl (C=O) groups excluding carboxylic acids is 3. The highest BCUT2D eigenvalue weighted by molar-refractivity contribution is 5.71. The predicted molar refractivity (Wildman–Crippen MR) is 251 cm³/mol. The Morgan fingerprint density at radius 2 is 0.661 bits per heavy atom. The standard InChI is InChI=1S/C53H88O6/c1-4-7-10-13-15-17-19-21-23-24-25-26-27-28-30-31-33-35-37-40-43-46-52(55)58-49-50(48-57-51(54)45-42-39-12-9-6-3)59-53(56)47-44-41-38-36-34-32-29-22-20-18-16-14-11-8-5-2/h7,10,15-18,21-23,25-26,28-30,50H,4-6,8-9,11-14,19-20,24,27,31-49H2,1-3H3/b10-7-,17-15-,18-16-,23-21-,26-25-,29-22-,30-28-. The summed E-state index contributed by atoms with van der Waals surface area (Å²) >= 11 is 0. The monoisotopic (exact) mass is 821 g/mol. The molecule has 0 radical (unpaired) electrons. The fourth-order valence-corrected chi connectivity index (χ4v) is 6.26. The van der Waals surface area contributed by atoms with E-state index >= 15 is 0 Å². The molecule has 0 saturated heterocycles. The molecule has 0 fully saturated rings. The lowest BCUT2D eigenvalue weighted by atomic mass is 10.1. The molecule has 0 spiro atoms. The van der Waals surface area contributed by atoms with Crippen molar-refractivity contribution in [2.75, 3.05) is 13.2 Å². The predicted octanol–water partition coefficient (Wildman–Crippen LogP) is 15.6. The van der Waals surface area contributed by atoms with Crippen molar-refractivity contribution in [1.82, 2.24) is 0 Å². The van der Waals surface area contributed by atoms with Gasteiger partial charge in [-0.3, -0.25) is 14.4 Å². The molecule has 1 atom stereocenters. The number of unbranched alkanes of at least 4 members (excludes halogenated alkanes) is 17. The van der Waals surface area contributed by atoms with Gasteiger partial charge >= 0.3 is 17.9 Å². The molecule has 0 saturated carbocycles. The number of carbonyl (C=O) groups is 3. The third-order valence-electron chi connectivity index (χ3n) is 9.88. The quantitative estimate of drug-likeness (QED) is 0.0264. The topological polar surface area (TPSA) is 78.9 Å². The maximum absolute atomic E-state index is 12.7. The molecular formula is C53H88O6. The Morgan fingerprint density at radius 1 is 0.356 bits per heavy atom. The van der Waals surface area contributed by atoms with Gasteiger partial charge in [-0.2, -0.15) is 0 Å².